The Morgan fingerprint density at radius 2 is 1.59 bits per heavy atom. The number of halogens is 1. The SMILES string of the molecule is N#Cc1ccc(CCC(=O)N(CCc2ccc(F)cc2)C2CCCC2)cc1. The van der Waals surface area contributed by atoms with Gasteiger partial charge < -0.3 is 4.90 Å². The predicted molar refractivity (Wildman–Crippen MR) is 104 cm³/mol. The molecule has 0 aromatic heterocycles. The van der Waals surface area contributed by atoms with Crippen molar-refractivity contribution in [3.63, 3.8) is 0 Å². The topological polar surface area (TPSA) is 44.1 Å². The Balaban J connectivity index is 1.60. The van der Waals surface area contributed by atoms with E-state index in [1.165, 1.54) is 25.0 Å². The fourth-order valence-corrected chi connectivity index (χ4v) is 3.77. The molecule has 1 amide bonds. The molecule has 0 N–H and O–H groups in total. The van der Waals surface area contributed by atoms with Crippen molar-refractivity contribution < 1.29 is 9.18 Å². The van der Waals surface area contributed by atoms with Gasteiger partial charge in [0.1, 0.15) is 5.82 Å². The molecule has 140 valence electrons. The van der Waals surface area contributed by atoms with E-state index < -0.39 is 0 Å². The molecular weight excluding hydrogens is 339 g/mol. The molecule has 27 heavy (non-hydrogen) atoms. The Kier molecular flexibility index (Phi) is 6.59. The summed E-state index contributed by atoms with van der Waals surface area (Å²) in [5.74, 6) is -0.0433. The van der Waals surface area contributed by atoms with Crippen LogP contribution >= 0.6 is 0 Å². The van der Waals surface area contributed by atoms with Crippen LogP contribution in [0.2, 0.25) is 0 Å². The summed E-state index contributed by atoms with van der Waals surface area (Å²) in [6.45, 7) is 0.683. The molecule has 0 atom stereocenters. The van der Waals surface area contributed by atoms with E-state index in [1.807, 2.05) is 17.0 Å². The Bertz CT molecular complexity index is 787. The first kappa shape index (κ1) is 19.1. The Hall–Kier alpha value is -2.67. The molecular formula is C23H25FN2O. The zero-order valence-corrected chi connectivity index (χ0v) is 15.5. The Labute approximate surface area is 160 Å². The molecule has 0 radical (unpaired) electrons. The maximum absolute atomic E-state index is 13.1. The second-order valence-corrected chi connectivity index (χ2v) is 7.21. The van der Waals surface area contributed by atoms with E-state index in [1.54, 1.807) is 24.3 Å². The van der Waals surface area contributed by atoms with Gasteiger partial charge in [0.05, 0.1) is 11.6 Å². The number of hydrogen-bond acceptors (Lipinski definition) is 2. The van der Waals surface area contributed by atoms with E-state index in [4.69, 9.17) is 5.26 Å². The van der Waals surface area contributed by atoms with Crippen LogP contribution in [0.1, 0.15) is 48.8 Å². The predicted octanol–water partition coefficient (Wildman–Crippen LogP) is 4.64. The van der Waals surface area contributed by atoms with Crippen molar-refractivity contribution in [3.05, 3.63) is 71.0 Å². The van der Waals surface area contributed by atoms with Crippen LogP contribution in [0.25, 0.3) is 0 Å². The zero-order chi connectivity index (χ0) is 19.1. The molecule has 1 fully saturated rings. The van der Waals surface area contributed by atoms with Crippen LogP contribution in [0.4, 0.5) is 4.39 Å². The molecule has 0 heterocycles. The first-order valence-electron chi connectivity index (χ1n) is 9.68. The molecule has 4 heteroatoms. The van der Waals surface area contributed by atoms with Gasteiger partial charge in [-0.15, -0.1) is 0 Å². The van der Waals surface area contributed by atoms with Gasteiger partial charge in [-0.25, -0.2) is 4.39 Å². The largest absolute Gasteiger partial charge is 0.339 e. The summed E-state index contributed by atoms with van der Waals surface area (Å²) in [6, 6.07) is 16.4. The fraction of sp³-hybridized carbons (Fsp3) is 0.391. The molecule has 3 rings (SSSR count). The van der Waals surface area contributed by atoms with Crippen molar-refractivity contribution in [2.45, 2.75) is 51.0 Å². The van der Waals surface area contributed by atoms with E-state index in [0.29, 0.717) is 31.0 Å². The highest BCUT2D eigenvalue weighted by atomic mass is 19.1. The molecule has 0 unspecified atom stereocenters. The normalized spacial score (nSPS) is 14.1. The first-order chi connectivity index (χ1) is 13.2. The van der Waals surface area contributed by atoms with E-state index >= 15 is 0 Å². The highest BCUT2D eigenvalue weighted by Crippen LogP contribution is 2.25. The summed E-state index contributed by atoms with van der Waals surface area (Å²) in [5, 5.41) is 8.88. The molecule has 1 aliphatic rings. The van der Waals surface area contributed by atoms with E-state index in [-0.39, 0.29) is 11.7 Å². The minimum absolute atomic E-state index is 0.188. The van der Waals surface area contributed by atoms with Gasteiger partial charge in [0.2, 0.25) is 5.91 Å². The van der Waals surface area contributed by atoms with Crippen molar-refractivity contribution >= 4 is 5.91 Å². The quantitative estimate of drug-likeness (QED) is 0.718. The summed E-state index contributed by atoms with van der Waals surface area (Å²) < 4.78 is 13.1. The lowest BCUT2D eigenvalue weighted by molar-refractivity contribution is -0.133. The summed E-state index contributed by atoms with van der Waals surface area (Å²) in [7, 11) is 0. The van der Waals surface area contributed by atoms with Gasteiger partial charge in [-0.3, -0.25) is 4.79 Å². The third kappa shape index (κ3) is 5.40. The highest BCUT2D eigenvalue weighted by Gasteiger charge is 2.26. The molecule has 0 spiro atoms. The second kappa shape index (κ2) is 9.32. The van der Waals surface area contributed by atoms with Crippen LogP contribution in [-0.2, 0) is 17.6 Å². The number of carbonyl (C=O) groups is 1. The van der Waals surface area contributed by atoms with Crippen LogP contribution in [0.5, 0.6) is 0 Å². The number of nitrogens with zero attached hydrogens (tertiary/aromatic N) is 2. The lowest BCUT2D eigenvalue weighted by Gasteiger charge is -2.29. The molecule has 0 aliphatic heterocycles. The van der Waals surface area contributed by atoms with Gasteiger partial charge in [0.15, 0.2) is 0 Å². The summed E-state index contributed by atoms with van der Waals surface area (Å²) in [5.41, 5.74) is 2.77. The minimum atomic E-state index is -0.232. The lowest BCUT2D eigenvalue weighted by Crippen LogP contribution is -2.40. The lowest BCUT2D eigenvalue weighted by atomic mass is 10.1. The summed E-state index contributed by atoms with van der Waals surface area (Å²) >= 11 is 0. The van der Waals surface area contributed by atoms with Gasteiger partial charge in [0.25, 0.3) is 0 Å². The maximum atomic E-state index is 13.1. The van der Waals surface area contributed by atoms with E-state index in [0.717, 1.165) is 30.4 Å². The molecule has 0 bridgehead atoms. The second-order valence-electron chi connectivity index (χ2n) is 7.21. The van der Waals surface area contributed by atoms with Gasteiger partial charge in [-0.05, 0) is 61.1 Å². The Morgan fingerprint density at radius 3 is 2.22 bits per heavy atom. The number of nitriles is 1. The number of amides is 1. The monoisotopic (exact) mass is 364 g/mol. The molecule has 0 saturated heterocycles. The first-order valence-corrected chi connectivity index (χ1v) is 9.68. The van der Waals surface area contributed by atoms with Gasteiger partial charge >= 0.3 is 0 Å². The average molecular weight is 364 g/mol. The molecule has 3 nitrogen and oxygen atoms in total. The number of benzene rings is 2. The van der Waals surface area contributed by atoms with Crippen LogP contribution in [-0.4, -0.2) is 23.4 Å². The van der Waals surface area contributed by atoms with Crippen LogP contribution in [0, 0.1) is 17.1 Å². The Morgan fingerprint density at radius 1 is 1.00 bits per heavy atom. The number of hydrogen-bond donors (Lipinski definition) is 0. The number of aryl methyl sites for hydroxylation is 1. The third-order valence-electron chi connectivity index (χ3n) is 5.35. The third-order valence-corrected chi connectivity index (χ3v) is 5.35. The number of rotatable bonds is 7. The molecule has 1 saturated carbocycles. The van der Waals surface area contributed by atoms with Crippen molar-refractivity contribution in [1.82, 2.24) is 4.90 Å². The van der Waals surface area contributed by atoms with Gasteiger partial charge in [0, 0.05) is 19.0 Å². The maximum Gasteiger partial charge on any atom is 0.223 e. The van der Waals surface area contributed by atoms with E-state index in [9.17, 15) is 9.18 Å². The van der Waals surface area contributed by atoms with Crippen LogP contribution in [0.15, 0.2) is 48.5 Å². The van der Waals surface area contributed by atoms with Crippen LogP contribution in [0.3, 0.4) is 0 Å². The zero-order valence-electron chi connectivity index (χ0n) is 15.5. The molecule has 2 aromatic rings. The highest BCUT2D eigenvalue weighted by molar-refractivity contribution is 5.77. The molecule has 2 aromatic carbocycles. The van der Waals surface area contributed by atoms with Crippen LogP contribution < -0.4 is 0 Å². The average Bonchev–Trinajstić information content (AvgIpc) is 3.23. The van der Waals surface area contributed by atoms with Crippen molar-refractivity contribution in [2.75, 3.05) is 6.54 Å². The fourth-order valence-electron chi connectivity index (χ4n) is 3.77. The summed E-state index contributed by atoms with van der Waals surface area (Å²) in [6.07, 6.45) is 6.43. The minimum Gasteiger partial charge on any atom is -0.339 e. The van der Waals surface area contributed by atoms with Gasteiger partial charge in [-0.1, -0.05) is 37.1 Å². The smallest absolute Gasteiger partial charge is 0.223 e. The molecule has 1 aliphatic carbocycles. The van der Waals surface area contributed by atoms with Crippen molar-refractivity contribution in [2.24, 2.45) is 0 Å². The van der Waals surface area contributed by atoms with Crippen molar-refractivity contribution in [1.29, 1.82) is 5.26 Å². The van der Waals surface area contributed by atoms with Gasteiger partial charge in [-0.2, -0.15) is 5.26 Å². The standard InChI is InChI=1S/C23H25FN2O/c24-21-12-9-19(10-13-21)15-16-26(22-3-1-2-4-22)23(27)14-11-18-5-7-20(17-25)8-6-18/h5-10,12-13,22H,1-4,11,14-16H2. The van der Waals surface area contributed by atoms with E-state index in [2.05, 4.69) is 6.07 Å². The number of carbonyl (C=O) groups excluding carboxylic acids is 1. The van der Waals surface area contributed by atoms with Crippen molar-refractivity contribution in [3.8, 4) is 6.07 Å². The summed E-state index contributed by atoms with van der Waals surface area (Å²) in [4.78, 5) is 15.0.